The van der Waals surface area contributed by atoms with Crippen LogP contribution < -0.4 is 5.32 Å². The van der Waals surface area contributed by atoms with Gasteiger partial charge in [-0.1, -0.05) is 22.9 Å². The molecule has 1 aliphatic heterocycles. The number of allylic oxidation sites excluding steroid dienone is 1. The highest BCUT2D eigenvalue weighted by Crippen LogP contribution is 2.19. The first-order valence-corrected chi connectivity index (χ1v) is 10.2. The Morgan fingerprint density at radius 3 is 2.63 bits per heavy atom. The first kappa shape index (κ1) is 21.8. The summed E-state index contributed by atoms with van der Waals surface area (Å²) in [6, 6.07) is 7.38. The molecule has 160 valence electrons. The van der Waals surface area contributed by atoms with Gasteiger partial charge in [-0.3, -0.25) is 9.59 Å². The summed E-state index contributed by atoms with van der Waals surface area (Å²) in [7, 11) is 0. The zero-order chi connectivity index (χ0) is 21.7. The molecule has 1 saturated heterocycles. The van der Waals surface area contributed by atoms with E-state index in [1.807, 2.05) is 56.9 Å². The van der Waals surface area contributed by atoms with E-state index in [-0.39, 0.29) is 17.9 Å². The lowest BCUT2D eigenvalue weighted by Gasteiger charge is -2.17. The van der Waals surface area contributed by atoms with E-state index in [4.69, 9.17) is 9.26 Å². The Morgan fingerprint density at radius 1 is 1.27 bits per heavy atom. The fraction of sp³-hybridized carbons (Fsp3) is 0.435. The number of hydrogen-bond acceptors (Lipinski definition) is 5. The number of benzene rings is 1. The molecule has 3 rings (SSSR count). The van der Waals surface area contributed by atoms with E-state index < -0.39 is 0 Å². The van der Waals surface area contributed by atoms with E-state index in [9.17, 15) is 9.59 Å². The number of aryl methyl sites for hydroxylation is 2. The van der Waals surface area contributed by atoms with Crippen LogP contribution in [0.3, 0.4) is 0 Å². The summed E-state index contributed by atoms with van der Waals surface area (Å²) >= 11 is 0. The molecule has 0 radical (unpaired) electrons. The van der Waals surface area contributed by atoms with Crippen molar-refractivity contribution in [3.8, 4) is 0 Å². The number of nitrogens with zero attached hydrogens (tertiary/aromatic N) is 2. The summed E-state index contributed by atoms with van der Waals surface area (Å²) in [4.78, 5) is 26.3. The minimum absolute atomic E-state index is 0.0234. The molecule has 1 atom stereocenters. The van der Waals surface area contributed by atoms with E-state index >= 15 is 0 Å². The second kappa shape index (κ2) is 9.71. The highest BCUT2D eigenvalue weighted by atomic mass is 16.5. The van der Waals surface area contributed by atoms with Gasteiger partial charge in [0.25, 0.3) is 0 Å². The predicted octanol–water partition coefficient (Wildman–Crippen LogP) is 3.56. The van der Waals surface area contributed by atoms with Gasteiger partial charge in [-0.2, -0.15) is 0 Å². The van der Waals surface area contributed by atoms with Gasteiger partial charge >= 0.3 is 0 Å². The molecule has 0 bridgehead atoms. The Labute approximate surface area is 177 Å². The van der Waals surface area contributed by atoms with Gasteiger partial charge in [-0.15, -0.1) is 0 Å². The third-order valence-corrected chi connectivity index (χ3v) is 5.14. The molecule has 1 aliphatic rings. The Kier molecular flexibility index (Phi) is 7.05. The fourth-order valence-corrected chi connectivity index (χ4v) is 3.43. The van der Waals surface area contributed by atoms with Crippen molar-refractivity contribution in [1.82, 2.24) is 10.1 Å². The minimum atomic E-state index is -0.154. The number of rotatable bonds is 7. The smallest absolute Gasteiger partial charge is 0.248 e. The molecule has 1 aromatic heterocycles. The Bertz CT molecular complexity index is 907. The summed E-state index contributed by atoms with van der Waals surface area (Å²) in [6.45, 7) is 9.27. The molecule has 30 heavy (non-hydrogen) atoms. The molecule has 0 saturated carbocycles. The standard InChI is InChI=1S/C23H29N3O4/c1-15(2)11-22(27)24-19-7-5-18(6-8-19)12-23(28)26-10-9-20(13-26)29-14-21-16(3)25-30-17(21)4/h5-8,11,20H,9-10,12-14H2,1-4H3,(H,24,27)/t20-/m1/s1. The predicted molar refractivity (Wildman–Crippen MR) is 114 cm³/mol. The summed E-state index contributed by atoms with van der Waals surface area (Å²) in [5, 5.41) is 6.75. The highest BCUT2D eigenvalue weighted by molar-refractivity contribution is 5.99. The molecule has 0 unspecified atom stereocenters. The van der Waals surface area contributed by atoms with Crippen LogP contribution in [-0.2, 0) is 27.4 Å². The van der Waals surface area contributed by atoms with E-state index in [2.05, 4.69) is 10.5 Å². The number of aromatic nitrogens is 1. The van der Waals surface area contributed by atoms with Crippen LogP contribution in [0.4, 0.5) is 5.69 Å². The lowest BCUT2D eigenvalue weighted by Crippen LogP contribution is -2.31. The second-order valence-electron chi connectivity index (χ2n) is 7.95. The average Bonchev–Trinajstić information content (AvgIpc) is 3.28. The monoisotopic (exact) mass is 411 g/mol. The molecular weight excluding hydrogens is 382 g/mol. The molecule has 1 fully saturated rings. The van der Waals surface area contributed by atoms with Crippen molar-refractivity contribution in [3.63, 3.8) is 0 Å². The summed E-state index contributed by atoms with van der Waals surface area (Å²) in [5.74, 6) is 0.706. The number of anilines is 1. The Hall–Kier alpha value is -2.93. The number of hydrogen-bond donors (Lipinski definition) is 1. The number of nitrogens with one attached hydrogen (secondary N) is 1. The summed E-state index contributed by atoms with van der Waals surface area (Å²) in [5.41, 5.74) is 4.40. The third kappa shape index (κ3) is 5.79. The molecule has 1 N–H and O–H groups in total. The van der Waals surface area contributed by atoms with Crippen molar-refractivity contribution >= 4 is 17.5 Å². The molecule has 2 heterocycles. The lowest BCUT2D eigenvalue weighted by molar-refractivity contribution is -0.130. The van der Waals surface area contributed by atoms with Crippen LogP contribution in [0.15, 0.2) is 40.4 Å². The van der Waals surface area contributed by atoms with Gasteiger partial charge in [0.2, 0.25) is 11.8 Å². The van der Waals surface area contributed by atoms with Gasteiger partial charge in [0.05, 0.1) is 24.8 Å². The van der Waals surface area contributed by atoms with Crippen LogP contribution in [0.5, 0.6) is 0 Å². The minimum Gasteiger partial charge on any atom is -0.371 e. The number of amides is 2. The molecular formula is C23H29N3O4. The molecule has 7 nitrogen and oxygen atoms in total. The highest BCUT2D eigenvalue weighted by Gasteiger charge is 2.27. The third-order valence-electron chi connectivity index (χ3n) is 5.14. The van der Waals surface area contributed by atoms with Gasteiger partial charge in [0.1, 0.15) is 5.76 Å². The van der Waals surface area contributed by atoms with E-state index in [1.54, 1.807) is 6.08 Å². The molecule has 7 heteroatoms. The first-order valence-electron chi connectivity index (χ1n) is 10.2. The number of likely N-dealkylation sites (tertiary alicyclic amines) is 1. The van der Waals surface area contributed by atoms with Crippen LogP contribution in [0.25, 0.3) is 0 Å². The largest absolute Gasteiger partial charge is 0.371 e. The van der Waals surface area contributed by atoms with Crippen LogP contribution >= 0.6 is 0 Å². The maximum Gasteiger partial charge on any atom is 0.248 e. The van der Waals surface area contributed by atoms with Crippen LogP contribution in [0.2, 0.25) is 0 Å². The fourth-order valence-electron chi connectivity index (χ4n) is 3.43. The van der Waals surface area contributed by atoms with Crippen molar-refractivity contribution in [2.75, 3.05) is 18.4 Å². The molecule has 1 aromatic carbocycles. The van der Waals surface area contributed by atoms with E-state index in [1.165, 1.54) is 0 Å². The van der Waals surface area contributed by atoms with Crippen LogP contribution in [-0.4, -0.2) is 41.1 Å². The first-order chi connectivity index (χ1) is 14.3. The zero-order valence-electron chi connectivity index (χ0n) is 18.0. The number of ether oxygens (including phenoxy) is 1. The molecule has 0 spiro atoms. The molecule has 0 aliphatic carbocycles. The van der Waals surface area contributed by atoms with Gasteiger partial charge in [0.15, 0.2) is 0 Å². The quantitative estimate of drug-likeness (QED) is 0.704. The lowest BCUT2D eigenvalue weighted by atomic mass is 10.1. The summed E-state index contributed by atoms with van der Waals surface area (Å²) in [6.07, 6.45) is 2.73. The topological polar surface area (TPSA) is 84.7 Å². The molecule has 2 aromatic rings. The van der Waals surface area contributed by atoms with Crippen molar-refractivity contribution < 1.29 is 18.8 Å². The van der Waals surface area contributed by atoms with Crippen molar-refractivity contribution in [2.24, 2.45) is 0 Å². The Morgan fingerprint density at radius 2 is 2.00 bits per heavy atom. The summed E-state index contributed by atoms with van der Waals surface area (Å²) < 4.78 is 11.1. The maximum absolute atomic E-state index is 12.7. The maximum atomic E-state index is 12.7. The normalized spacial score (nSPS) is 15.9. The van der Waals surface area contributed by atoms with E-state index in [0.717, 1.165) is 34.6 Å². The van der Waals surface area contributed by atoms with Gasteiger partial charge in [-0.25, -0.2) is 0 Å². The van der Waals surface area contributed by atoms with Crippen molar-refractivity contribution in [3.05, 3.63) is 58.5 Å². The van der Waals surface area contributed by atoms with Gasteiger partial charge in [-0.05, 0) is 51.8 Å². The Balaban J connectivity index is 1.47. The number of carbonyl (C=O) groups is 2. The van der Waals surface area contributed by atoms with Gasteiger partial charge < -0.3 is 19.5 Å². The van der Waals surface area contributed by atoms with Crippen molar-refractivity contribution in [2.45, 2.75) is 53.2 Å². The van der Waals surface area contributed by atoms with E-state index in [0.29, 0.717) is 31.8 Å². The van der Waals surface area contributed by atoms with Crippen molar-refractivity contribution in [1.29, 1.82) is 0 Å². The SMILES string of the molecule is CC(C)=CC(=O)Nc1ccc(CC(=O)N2CC[C@@H](OCc3c(C)noc3C)C2)cc1. The van der Waals surface area contributed by atoms with Crippen LogP contribution in [0, 0.1) is 13.8 Å². The molecule has 2 amide bonds. The van der Waals surface area contributed by atoms with Gasteiger partial charge in [0, 0.05) is 30.4 Å². The zero-order valence-corrected chi connectivity index (χ0v) is 18.0. The van der Waals surface area contributed by atoms with Crippen LogP contribution in [0.1, 0.15) is 42.8 Å². The average molecular weight is 412 g/mol. The number of carbonyl (C=O) groups excluding carboxylic acids is 2. The second-order valence-corrected chi connectivity index (χ2v) is 7.95.